The zero-order valence-electron chi connectivity index (χ0n) is 21.2. The minimum Gasteiger partial charge on any atom is -0.508 e. The van der Waals surface area contributed by atoms with Crippen molar-refractivity contribution in [2.75, 3.05) is 18.8 Å². The van der Waals surface area contributed by atoms with E-state index in [2.05, 4.69) is 10.2 Å². The van der Waals surface area contributed by atoms with Gasteiger partial charge in [0.1, 0.15) is 11.5 Å². The van der Waals surface area contributed by atoms with Crippen molar-refractivity contribution in [3.05, 3.63) is 59.7 Å². The Morgan fingerprint density at radius 2 is 1.81 bits per heavy atom. The summed E-state index contributed by atoms with van der Waals surface area (Å²) in [7, 11) is 0. The number of aliphatic hydroxyl groups excluding tert-OH is 1. The third kappa shape index (κ3) is 6.50. The van der Waals surface area contributed by atoms with E-state index in [0.717, 1.165) is 17.9 Å². The molecule has 2 aliphatic rings. The number of aliphatic hydroxyl groups is 1. The maximum atomic E-state index is 13.2. The van der Waals surface area contributed by atoms with Gasteiger partial charge in [0.2, 0.25) is 0 Å². The molecule has 1 heterocycles. The predicted octanol–water partition coefficient (Wildman–Crippen LogP) is 4.42. The fraction of sp³-hybridized carbons (Fsp3) is 0.517. The lowest BCUT2D eigenvalue weighted by atomic mass is 9.72. The lowest BCUT2D eigenvalue weighted by Gasteiger charge is -2.46. The molecule has 1 amide bonds. The quantitative estimate of drug-likeness (QED) is 0.433. The molecule has 6 nitrogen and oxygen atoms in total. The smallest absolute Gasteiger partial charge is 0.252 e. The Morgan fingerprint density at radius 3 is 2.53 bits per heavy atom. The van der Waals surface area contributed by atoms with Gasteiger partial charge >= 0.3 is 0 Å². The third-order valence-corrected chi connectivity index (χ3v) is 9.03. The topological polar surface area (TPSA) is 89.9 Å². The van der Waals surface area contributed by atoms with E-state index >= 15 is 0 Å². The molecule has 3 N–H and O–H groups in total. The van der Waals surface area contributed by atoms with Crippen molar-refractivity contribution in [2.24, 2.45) is 11.8 Å². The second-order valence-corrected chi connectivity index (χ2v) is 11.4. The predicted molar refractivity (Wildman–Crippen MR) is 143 cm³/mol. The van der Waals surface area contributed by atoms with Gasteiger partial charge in [0.15, 0.2) is 0 Å². The summed E-state index contributed by atoms with van der Waals surface area (Å²) in [5.41, 5.74) is 0.900. The van der Waals surface area contributed by atoms with Gasteiger partial charge in [-0.3, -0.25) is 14.5 Å². The molecule has 1 aliphatic heterocycles. The Kier molecular flexibility index (Phi) is 9.09. The van der Waals surface area contributed by atoms with Crippen molar-refractivity contribution in [1.82, 2.24) is 10.2 Å². The second kappa shape index (κ2) is 12.3. The summed E-state index contributed by atoms with van der Waals surface area (Å²) in [5.74, 6) is 1.55. The number of nitrogens with one attached hydrogen (secondary N) is 1. The van der Waals surface area contributed by atoms with Crippen LogP contribution >= 0.6 is 11.8 Å². The number of Topliss-reactive ketones (excluding diaryl/α,β-unsaturated/α-hetero) is 1. The summed E-state index contributed by atoms with van der Waals surface area (Å²) in [6.07, 6.45) is 4.88. The average Bonchev–Trinajstić information content (AvgIpc) is 2.88. The SMILES string of the molecule is CC(=O)[C@@H]1CC2CCCCC2CN1C[C@@H](O)[C@H](CSc1ccccc1)NC(=O)c1cccc(O)c1C. The number of phenolic OH excluding ortho intramolecular Hbond substituents is 1. The number of rotatable bonds is 9. The van der Waals surface area contributed by atoms with E-state index < -0.39 is 12.1 Å². The fourth-order valence-electron chi connectivity index (χ4n) is 5.76. The molecule has 194 valence electrons. The van der Waals surface area contributed by atoms with Crippen molar-refractivity contribution in [2.45, 2.75) is 69.0 Å². The maximum Gasteiger partial charge on any atom is 0.252 e. The van der Waals surface area contributed by atoms with E-state index in [-0.39, 0.29) is 23.5 Å². The average molecular weight is 511 g/mol. The van der Waals surface area contributed by atoms with Crippen LogP contribution in [0.3, 0.4) is 0 Å². The van der Waals surface area contributed by atoms with Gasteiger partial charge in [-0.1, -0.05) is 43.5 Å². The van der Waals surface area contributed by atoms with Crippen LogP contribution in [0, 0.1) is 18.8 Å². The Balaban J connectivity index is 1.50. The molecule has 0 radical (unpaired) electrons. The number of nitrogens with zero attached hydrogens (tertiary/aromatic N) is 1. The Labute approximate surface area is 218 Å². The Hall–Kier alpha value is -2.35. The van der Waals surface area contributed by atoms with Crippen LogP contribution < -0.4 is 5.32 Å². The van der Waals surface area contributed by atoms with E-state index in [1.54, 1.807) is 43.8 Å². The number of fused-ring (bicyclic) bond motifs is 1. The molecule has 7 heteroatoms. The molecule has 36 heavy (non-hydrogen) atoms. The Morgan fingerprint density at radius 1 is 1.08 bits per heavy atom. The summed E-state index contributed by atoms with van der Waals surface area (Å²) < 4.78 is 0. The van der Waals surface area contributed by atoms with Crippen LogP contribution in [0.4, 0.5) is 0 Å². The van der Waals surface area contributed by atoms with Crippen LogP contribution in [-0.2, 0) is 4.79 Å². The monoisotopic (exact) mass is 510 g/mol. The number of benzene rings is 2. The number of hydrogen-bond acceptors (Lipinski definition) is 6. The summed E-state index contributed by atoms with van der Waals surface area (Å²) in [5, 5.41) is 24.5. The van der Waals surface area contributed by atoms with Crippen molar-refractivity contribution < 1.29 is 19.8 Å². The molecule has 2 unspecified atom stereocenters. The minimum atomic E-state index is -0.843. The minimum absolute atomic E-state index is 0.0676. The zero-order valence-corrected chi connectivity index (χ0v) is 22.0. The molecule has 0 spiro atoms. The highest BCUT2D eigenvalue weighted by Gasteiger charge is 2.40. The number of phenols is 1. The normalized spacial score (nSPS) is 23.9. The molecule has 0 bridgehead atoms. The van der Waals surface area contributed by atoms with Crippen LogP contribution in [0.25, 0.3) is 0 Å². The number of aromatic hydroxyl groups is 1. The number of hydrogen-bond donors (Lipinski definition) is 3. The maximum absolute atomic E-state index is 13.2. The molecule has 2 aromatic carbocycles. The van der Waals surface area contributed by atoms with Crippen molar-refractivity contribution >= 4 is 23.5 Å². The van der Waals surface area contributed by atoms with Gasteiger partial charge in [0, 0.05) is 34.9 Å². The number of piperidine rings is 1. The van der Waals surface area contributed by atoms with Gasteiger partial charge in [-0.2, -0.15) is 0 Å². The number of carbonyl (C=O) groups excluding carboxylic acids is 2. The summed E-state index contributed by atoms with van der Waals surface area (Å²) in [6, 6.07) is 14.1. The lowest BCUT2D eigenvalue weighted by Crippen LogP contribution is -2.56. The molecule has 1 saturated carbocycles. The highest BCUT2D eigenvalue weighted by Crippen LogP contribution is 2.39. The van der Waals surface area contributed by atoms with E-state index in [1.165, 1.54) is 25.7 Å². The first kappa shape index (κ1) is 26.7. The first-order chi connectivity index (χ1) is 17.3. The number of thioether (sulfide) groups is 1. The van der Waals surface area contributed by atoms with Crippen molar-refractivity contribution in [3.8, 4) is 5.75 Å². The molecular formula is C29H38N2O4S. The van der Waals surface area contributed by atoms with Crippen LogP contribution in [0.5, 0.6) is 5.75 Å². The van der Waals surface area contributed by atoms with Gasteiger partial charge in [-0.25, -0.2) is 0 Å². The number of likely N-dealkylation sites (tertiary alicyclic amines) is 1. The van der Waals surface area contributed by atoms with Crippen LogP contribution in [-0.4, -0.2) is 63.8 Å². The second-order valence-electron chi connectivity index (χ2n) is 10.3. The molecule has 4 rings (SSSR count). The molecule has 2 fully saturated rings. The molecule has 1 aliphatic carbocycles. The van der Waals surface area contributed by atoms with Gasteiger partial charge in [-0.15, -0.1) is 11.8 Å². The fourth-order valence-corrected chi connectivity index (χ4v) is 6.79. The third-order valence-electron chi connectivity index (χ3n) is 7.90. The standard InChI is InChI=1S/C29H38N2O4S/c1-19-24(13-8-14-27(19)33)29(35)30-25(18-36-23-11-4-3-5-12-23)28(34)17-31-16-22-10-7-6-9-21(22)15-26(31)20(2)32/h3-5,8,11-14,21-22,25-26,28,33-34H,6-7,9-10,15-18H2,1-2H3,(H,30,35)/t21?,22?,25-,26-,28+/m0/s1. The van der Waals surface area contributed by atoms with Crippen LogP contribution in [0.1, 0.15) is 54.9 Å². The van der Waals surface area contributed by atoms with E-state index in [4.69, 9.17) is 0 Å². The number of amides is 1. The van der Waals surface area contributed by atoms with E-state index in [0.29, 0.717) is 35.3 Å². The molecule has 2 aromatic rings. The zero-order chi connectivity index (χ0) is 25.7. The number of carbonyl (C=O) groups is 2. The molecule has 0 aromatic heterocycles. The lowest BCUT2D eigenvalue weighted by molar-refractivity contribution is -0.126. The molecule has 5 atom stereocenters. The summed E-state index contributed by atoms with van der Waals surface area (Å²) in [6.45, 7) is 4.53. The Bertz CT molecular complexity index is 1050. The van der Waals surface area contributed by atoms with Crippen molar-refractivity contribution in [1.29, 1.82) is 0 Å². The number of β-amino-alcohol motifs (C(OH)–C–C–N with tert-alkyl or cyclic N) is 1. The van der Waals surface area contributed by atoms with Crippen LogP contribution in [0.2, 0.25) is 0 Å². The highest BCUT2D eigenvalue weighted by atomic mass is 32.2. The van der Waals surface area contributed by atoms with Gasteiger partial charge in [0.25, 0.3) is 5.91 Å². The van der Waals surface area contributed by atoms with Crippen molar-refractivity contribution in [3.63, 3.8) is 0 Å². The molecule has 1 saturated heterocycles. The van der Waals surface area contributed by atoms with Gasteiger partial charge in [-0.05, 0) is 62.8 Å². The number of ketones is 1. The van der Waals surface area contributed by atoms with E-state index in [9.17, 15) is 19.8 Å². The highest BCUT2D eigenvalue weighted by molar-refractivity contribution is 7.99. The van der Waals surface area contributed by atoms with Gasteiger partial charge in [0.05, 0.1) is 18.2 Å². The van der Waals surface area contributed by atoms with Crippen LogP contribution in [0.15, 0.2) is 53.4 Å². The first-order valence-corrected chi connectivity index (χ1v) is 14.0. The van der Waals surface area contributed by atoms with E-state index in [1.807, 2.05) is 30.3 Å². The van der Waals surface area contributed by atoms with Gasteiger partial charge < -0.3 is 15.5 Å². The molecular weight excluding hydrogens is 472 g/mol. The summed E-state index contributed by atoms with van der Waals surface area (Å²) >= 11 is 1.58. The first-order valence-electron chi connectivity index (χ1n) is 13.0. The summed E-state index contributed by atoms with van der Waals surface area (Å²) in [4.78, 5) is 29.0. The largest absolute Gasteiger partial charge is 0.508 e.